The van der Waals surface area contributed by atoms with E-state index in [0.717, 1.165) is 9.80 Å². The molecule has 2 aliphatic heterocycles. The van der Waals surface area contributed by atoms with E-state index in [1.165, 1.54) is 0 Å². The van der Waals surface area contributed by atoms with Gasteiger partial charge in [-0.3, -0.25) is 0 Å². The number of rotatable bonds is 2. The van der Waals surface area contributed by atoms with Crippen LogP contribution < -0.4 is 26.2 Å². The summed E-state index contributed by atoms with van der Waals surface area (Å²) in [7, 11) is 0. The van der Waals surface area contributed by atoms with E-state index in [4.69, 9.17) is 0 Å². The second kappa shape index (κ2) is 11.1. The summed E-state index contributed by atoms with van der Waals surface area (Å²) in [5.41, 5.74) is -6.15. The van der Waals surface area contributed by atoms with Gasteiger partial charge in [0.2, 0.25) is 0 Å². The first-order valence-electron chi connectivity index (χ1n) is 25.2. The first-order chi connectivity index (χ1) is 30.0. The van der Waals surface area contributed by atoms with Gasteiger partial charge in [0, 0.05) is 34.1 Å². The molecule has 49 heavy (non-hydrogen) atoms. The normalized spacial score (nSPS) is 19.3. The minimum Gasteiger partial charge on any atom is -0.311 e. The van der Waals surface area contributed by atoms with Gasteiger partial charge in [-0.2, -0.15) is 0 Å². The molecule has 3 heteroatoms. The molecular weight excluding hydrogens is 591 g/mol. The fourth-order valence-electron chi connectivity index (χ4n) is 6.06. The number of hydrogen-bond acceptors (Lipinski definition) is 2. The van der Waals surface area contributed by atoms with Gasteiger partial charge in [0.15, 0.2) is 0 Å². The highest BCUT2D eigenvalue weighted by Gasteiger charge is 2.44. The zero-order valence-corrected chi connectivity index (χ0v) is 30.5. The molecule has 0 aromatic heterocycles. The minimum atomic E-state index is -1.51. The van der Waals surface area contributed by atoms with Crippen molar-refractivity contribution in [1.82, 2.24) is 0 Å². The summed E-state index contributed by atoms with van der Waals surface area (Å²) in [4.78, 5) is 2.16. The highest BCUT2D eigenvalue weighted by atomic mass is 15.2. The van der Waals surface area contributed by atoms with Crippen LogP contribution in [0.25, 0.3) is 0 Å². The van der Waals surface area contributed by atoms with E-state index in [0.29, 0.717) is 0 Å². The highest BCUT2D eigenvalue weighted by molar-refractivity contribution is 7.00. The van der Waals surface area contributed by atoms with Gasteiger partial charge < -0.3 is 9.80 Å². The van der Waals surface area contributed by atoms with E-state index in [9.17, 15) is 23.3 Å². The van der Waals surface area contributed by atoms with Gasteiger partial charge in [-0.15, -0.1) is 0 Å². The van der Waals surface area contributed by atoms with E-state index in [2.05, 4.69) is 0 Å². The van der Waals surface area contributed by atoms with Gasteiger partial charge in [0.1, 0.15) is 0 Å². The summed E-state index contributed by atoms with van der Waals surface area (Å²) in [5.74, 6) is 0. The van der Waals surface area contributed by atoms with Crippen LogP contribution in [0, 0.1) is 0 Å². The Morgan fingerprint density at radius 2 is 0.735 bits per heavy atom. The van der Waals surface area contributed by atoms with E-state index < -0.39 is 130 Å². The van der Waals surface area contributed by atoms with Crippen molar-refractivity contribution in [3.8, 4) is 0 Å². The van der Waals surface area contributed by atoms with Crippen molar-refractivity contribution < 1.29 is 23.3 Å². The molecule has 0 atom stereocenters. The molecule has 0 aliphatic carbocycles. The van der Waals surface area contributed by atoms with Crippen molar-refractivity contribution >= 4 is 57.2 Å². The van der Waals surface area contributed by atoms with Crippen LogP contribution in [0.4, 0.5) is 34.1 Å². The van der Waals surface area contributed by atoms with Crippen LogP contribution in [0.3, 0.4) is 0 Å². The smallest absolute Gasteiger partial charge is 0.252 e. The summed E-state index contributed by atoms with van der Waals surface area (Å²) in [5, 5.41) is 0. The SMILES string of the molecule is [2H]c1c([2H])c2c3c(c1[2H])N(c1c([2H])c([2H])c(C(C)(C)C)c([2H])c1[2H])c1c([2H])c([2H])c(C(C)(C)C)c([2H])c1B3c1c([2H])c(C(C)(C)C)c([2H])c([2H])c1N2c1c([2H])c([2H])c(C(C)(C)C)c([2H])c1[2H]. The zero-order valence-electron chi connectivity index (χ0n) is 47.5. The fraction of sp³-hybridized carbons (Fsp3) is 0.348. The fourth-order valence-corrected chi connectivity index (χ4v) is 6.06. The topological polar surface area (TPSA) is 6.48 Å². The van der Waals surface area contributed by atoms with E-state index in [-0.39, 0.29) is 73.5 Å². The molecule has 2 nitrogen and oxygen atoms in total. The molecule has 5 aromatic carbocycles. The first-order valence-corrected chi connectivity index (χ1v) is 16.7. The number of anilines is 6. The third-order valence-corrected chi connectivity index (χ3v) is 8.94. The molecule has 0 amide bonds. The summed E-state index contributed by atoms with van der Waals surface area (Å²) in [6.07, 6.45) is 0. The lowest BCUT2D eigenvalue weighted by Crippen LogP contribution is -2.61. The van der Waals surface area contributed by atoms with Crippen LogP contribution in [-0.2, 0) is 21.7 Å². The van der Waals surface area contributed by atoms with Crippen LogP contribution in [0.15, 0.2) is 103 Å². The monoisotopic (exact) mass is 662 g/mol. The van der Waals surface area contributed by atoms with Crippen molar-refractivity contribution in [3.05, 3.63) is 125 Å². The Hall–Kier alpha value is -4.24. The Morgan fingerprint density at radius 3 is 1.06 bits per heavy atom. The Kier molecular flexibility index (Phi) is 4.24. The quantitative estimate of drug-likeness (QED) is 0.170. The molecule has 0 saturated carbocycles. The minimum absolute atomic E-state index is 0.0635. The van der Waals surface area contributed by atoms with Gasteiger partial charge in [-0.05, 0) is 109 Å². The summed E-state index contributed by atoms with van der Waals surface area (Å²) >= 11 is 0. The standard InChI is InChI=1S/C46H53BN2/c1-43(2,3)30-16-22-34(23-17-30)48-38-26-20-32(45(7,8)9)28-36(38)47-37-29-33(46(10,11)12)21-27-39(37)49(41-15-13-14-40(48)42(41)47)35-24-18-31(19-25-35)44(4,5)6/h13-29H,1-12H3/i13D,14D,15D,16D,17D,18D,19D,20D,21D,22D,23D,24D,25D,26D,27D,28D,29D. The molecule has 0 saturated heterocycles. The summed E-state index contributed by atoms with van der Waals surface area (Å²) < 4.78 is 163. The van der Waals surface area contributed by atoms with Crippen LogP contribution in [0.2, 0.25) is 0 Å². The zero-order chi connectivity index (χ0) is 50.1. The Bertz CT molecular complexity index is 2750. The molecule has 0 radical (unpaired) electrons. The van der Waals surface area contributed by atoms with Crippen LogP contribution in [0.5, 0.6) is 0 Å². The predicted molar refractivity (Wildman–Crippen MR) is 215 cm³/mol. The average Bonchev–Trinajstić information content (AvgIpc) is 3.16. The highest BCUT2D eigenvalue weighted by Crippen LogP contribution is 2.45. The van der Waals surface area contributed by atoms with Crippen molar-refractivity contribution in [2.75, 3.05) is 9.80 Å². The molecule has 0 spiro atoms. The van der Waals surface area contributed by atoms with Gasteiger partial charge in [-0.1, -0.05) is 137 Å². The third-order valence-electron chi connectivity index (χ3n) is 8.94. The third kappa shape index (κ3) is 5.70. The second-order valence-corrected chi connectivity index (χ2v) is 17.1. The first kappa shape index (κ1) is 18.7. The molecule has 5 aromatic rings. The largest absolute Gasteiger partial charge is 0.311 e. The number of nitrogens with zero attached hydrogens (tertiary/aromatic N) is 2. The van der Waals surface area contributed by atoms with Crippen LogP contribution in [0.1, 0.15) is 129 Å². The molecule has 2 aliphatic rings. The van der Waals surface area contributed by atoms with Crippen molar-refractivity contribution in [2.24, 2.45) is 0 Å². The number of benzene rings is 5. The lowest BCUT2D eigenvalue weighted by atomic mass is 9.33. The van der Waals surface area contributed by atoms with Crippen molar-refractivity contribution in [1.29, 1.82) is 0 Å². The Morgan fingerprint density at radius 1 is 0.408 bits per heavy atom. The maximum Gasteiger partial charge on any atom is 0.252 e. The van der Waals surface area contributed by atoms with E-state index in [1.54, 1.807) is 83.1 Å². The van der Waals surface area contributed by atoms with Gasteiger partial charge in [-0.25, -0.2) is 0 Å². The Balaban J connectivity index is 1.88. The molecule has 0 fully saturated rings. The summed E-state index contributed by atoms with van der Waals surface area (Å²) in [6, 6.07) is -8.92. The van der Waals surface area contributed by atoms with E-state index >= 15 is 0 Å². The van der Waals surface area contributed by atoms with Crippen LogP contribution >= 0.6 is 0 Å². The van der Waals surface area contributed by atoms with Crippen LogP contribution in [-0.4, -0.2) is 6.71 Å². The van der Waals surface area contributed by atoms with Gasteiger partial charge in [0.25, 0.3) is 6.71 Å². The second-order valence-electron chi connectivity index (χ2n) is 17.1. The maximum absolute atomic E-state index is 10.1. The lowest BCUT2D eigenvalue weighted by molar-refractivity contribution is 0.590. The molecule has 0 N–H and O–H groups in total. The number of fused-ring (bicyclic) bond motifs is 4. The van der Waals surface area contributed by atoms with Crippen molar-refractivity contribution in [3.63, 3.8) is 0 Å². The number of hydrogen-bond donors (Lipinski definition) is 0. The molecule has 2 heterocycles. The van der Waals surface area contributed by atoms with Gasteiger partial charge in [0.05, 0.1) is 23.3 Å². The van der Waals surface area contributed by atoms with Gasteiger partial charge >= 0.3 is 0 Å². The molecule has 0 unspecified atom stereocenters. The maximum atomic E-state index is 10.1. The molecule has 0 bridgehead atoms. The molecule has 250 valence electrons. The molecular formula is C46H53BN2. The average molecular weight is 662 g/mol. The molecule has 7 rings (SSSR count). The lowest BCUT2D eigenvalue weighted by Gasteiger charge is -2.45. The van der Waals surface area contributed by atoms with E-state index in [1.807, 2.05) is 0 Å². The summed E-state index contributed by atoms with van der Waals surface area (Å²) in [6.45, 7) is 19.3. The Labute approximate surface area is 320 Å². The van der Waals surface area contributed by atoms with Crippen molar-refractivity contribution in [2.45, 2.75) is 105 Å². The predicted octanol–water partition coefficient (Wildman–Crippen LogP) is 11.0.